The molecule has 8 heteroatoms. The van der Waals surface area contributed by atoms with E-state index in [9.17, 15) is 10.1 Å². The minimum Gasteiger partial charge on any atom is -0.497 e. The molecular weight excluding hydrogens is 358 g/mol. The van der Waals surface area contributed by atoms with Gasteiger partial charge in [-0.1, -0.05) is 26.0 Å². The SMILES string of the molecule is COc1ccc(Nc2ncnc(Nc3ccc(C(C)C)cc3)c2[N+](=O)[O-])cc1. The largest absolute Gasteiger partial charge is 0.497 e. The Kier molecular flexibility index (Phi) is 5.69. The third-order valence-electron chi connectivity index (χ3n) is 4.20. The van der Waals surface area contributed by atoms with E-state index < -0.39 is 4.92 Å². The van der Waals surface area contributed by atoms with E-state index in [1.165, 1.54) is 11.9 Å². The Bertz CT molecular complexity index is 957. The van der Waals surface area contributed by atoms with Crippen molar-refractivity contribution in [2.45, 2.75) is 19.8 Å². The predicted octanol–water partition coefficient (Wildman–Crippen LogP) is 5.00. The normalized spacial score (nSPS) is 10.6. The monoisotopic (exact) mass is 379 g/mol. The van der Waals surface area contributed by atoms with Crippen molar-refractivity contribution in [1.29, 1.82) is 0 Å². The van der Waals surface area contributed by atoms with Crippen LogP contribution in [0.3, 0.4) is 0 Å². The fourth-order valence-corrected chi connectivity index (χ4v) is 2.63. The second kappa shape index (κ2) is 8.34. The van der Waals surface area contributed by atoms with Crippen molar-refractivity contribution >= 4 is 28.7 Å². The number of hydrogen-bond acceptors (Lipinski definition) is 7. The van der Waals surface area contributed by atoms with Gasteiger partial charge in [-0.25, -0.2) is 9.97 Å². The lowest BCUT2D eigenvalue weighted by atomic mass is 10.0. The van der Waals surface area contributed by atoms with Gasteiger partial charge in [0.1, 0.15) is 12.1 Å². The molecule has 0 bridgehead atoms. The first kappa shape index (κ1) is 19.1. The van der Waals surface area contributed by atoms with Gasteiger partial charge in [-0.05, 0) is 47.9 Å². The van der Waals surface area contributed by atoms with Crippen LogP contribution >= 0.6 is 0 Å². The number of ether oxygens (including phenoxy) is 1. The lowest BCUT2D eigenvalue weighted by molar-refractivity contribution is -0.383. The van der Waals surface area contributed by atoms with Crippen LogP contribution in [-0.2, 0) is 0 Å². The number of nitro groups is 1. The van der Waals surface area contributed by atoms with Crippen LogP contribution in [0.1, 0.15) is 25.3 Å². The average molecular weight is 379 g/mol. The van der Waals surface area contributed by atoms with E-state index in [-0.39, 0.29) is 17.3 Å². The van der Waals surface area contributed by atoms with Crippen molar-refractivity contribution in [3.05, 3.63) is 70.5 Å². The predicted molar refractivity (Wildman–Crippen MR) is 109 cm³/mol. The summed E-state index contributed by atoms with van der Waals surface area (Å²) in [6.07, 6.45) is 1.28. The highest BCUT2D eigenvalue weighted by Gasteiger charge is 2.23. The summed E-state index contributed by atoms with van der Waals surface area (Å²) < 4.78 is 5.12. The Hall–Kier alpha value is -3.68. The highest BCUT2D eigenvalue weighted by Crippen LogP contribution is 2.33. The zero-order valence-corrected chi connectivity index (χ0v) is 15.8. The summed E-state index contributed by atoms with van der Waals surface area (Å²) in [7, 11) is 1.57. The lowest BCUT2D eigenvalue weighted by Gasteiger charge is -2.11. The standard InChI is InChI=1S/C20H21N5O3/c1-13(2)14-4-6-15(7-5-14)23-19-18(25(26)27)20(22-12-21-19)24-16-8-10-17(28-3)11-9-16/h4-13H,1-3H3,(H2,21,22,23,24). The Morgan fingerprint density at radius 3 is 1.86 bits per heavy atom. The molecule has 0 saturated carbocycles. The summed E-state index contributed by atoms with van der Waals surface area (Å²) in [6.45, 7) is 4.21. The molecule has 0 spiro atoms. The maximum atomic E-state index is 11.7. The number of hydrogen-bond donors (Lipinski definition) is 2. The van der Waals surface area contributed by atoms with Crippen LogP contribution in [-0.4, -0.2) is 22.0 Å². The Morgan fingerprint density at radius 2 is 1.43 bits per heavy atom. The number of aromatic nitrogens is 2. The lowest BCUT2D eigenvalue weighted by Crippen LogP contribution is -2.05. The maximum absolute atomic E-state index is 11.7. The number of rotatable bonds is 7. The zero-order valence-electron chi connectivity index (χ0n) is 15.8. The first-order valence-electron chi connectivity index (χ1n) is 8.75. The molecule has 1 aromatic heterocycles. The van der Waals surface area contributed by atoms with Gasteiger partial charge in [0, 0.05) is 11.4 Å². The van der Waals surface area contributed by atoms with E-state index in [1.807, 2.05) is 24.3 Å². The van der Waals surface area contributed by atoms with Crippen molar-refractivity contribution in [2.75, 3.05) is 17.7 Å². The zero-order chi connectivity index (χ0) is 20.1. The molecule has 2 N–H and O–H groups in total. The quantitative estimate of drug-likeness (QED) is 0.440. The summed E-state index contributed by atoms with van der Waals surface area (Å²) in [4.78, 5) is 19.3. The molecule has 0 atom stereocenters. The molecule has 2 aromatic carbocycles. The summed E-state index contributed by atoms with van der Waals surface area (Å²) in [5.74, 6) is 1.32. The molecule has 1 heterocycles. The molecule has 144 valence electrons. The minimum absolute atomic E-state index is 0.103. The van der Waals surface area contributed by atoms with Gasteiger partial charge in [-0.2, -0.15) is 0 Å². The highest BCUT2D eigenvalue weighted by atomic mass is 16.6. The second-order valence-electron chi connectivity index (χ2n) is 6.43. The fourth-order valence-electron chi connectivity index (χ4n) is 2.63. The third kappa shape index (κ3) is 4.35. The summed E-state index contributed by atoms with van der Waals surface area (Å²) in [5.41, 5.74) is 2.31. The highest BCUT2D eigenvalue weighted by molar-refractivity contribution is 5.76. The number of methoxy groups -OCH3 is 1. The van der Waals surface area contributed by atoms with E-state index in [1.54, 1.807) is 31.4 Å². The van der Waals surface area contributed by atoms with Gasteiger partial charge in [0.2, 0.25) is 11.6 Å². The van der Waals surface area contributed by atoms with Crippen LogP contribution in [0.2, 0.25) is 0 Å². The molecule has 3 aromatic rings. The van der Waals surface area contributed by atoms with Gasteiger partial charge >= 0.3 is 5.69 Å². The Labute approximate surface area is 162 Å². The van der Waals surface area contributed by atoms with E-state index >= 15 is 0 Å². The van der Waals surface area contributed by atoms with Gasteiger partial charge in [-0.3, -0.25) is 10.1 Å². The van der Waals surface area contributed by atoms with Gasteiger partial charge in [0.05, 0.1) is 12.0 Å². The van der Waals surface area contributed by atoms with Gasteiger partial charge < -0.3 is 15.4 Å². The van der Waals surface area contributed by atoms with Crippen LogP contribution in [0.15, 0.2) is 54.9 Å². The molecule has 0 amide bonds. The van der Waals surface area contributed by atoms with Gasteiger partial charge in [0.15, 0.2) is 0 Å². The van der Waals surface area contributed by atoms with E-state index in [0.29, 0.717) is 23.0 Å². The summed E-state index contributed by atoms with van der Waals surface area (Å²) in [6, 6.07) is 14.7. The van der Waals surface area contributed by atoms with Gasteiger partial charge in [0.25, 0.3) is 0 Å². The Balaban J connectivity index is 1.89. The molecule has 0 aliphatic heterocycles. The van der Waals surface area contributed by atoms with Gasteiger partial charge in [-0.15, -0.1) is 0 Å². The smallest absolute Gasteiger partial charge is 0.353 e. The average Bonchev–Trinajstić information content (AvgIpc) is 2.69. The molecule has 8 nitrogen and oxygen atoms in total. The van der Waals surface area contributed by atoms with Crippen molar-refractivity contribution in [2.24, 2.45) is 0 Å². The molecule has 0 unspecified atom stereocenters. The van der Waals surface area contributed by atoms with E-state index in [0.717, 1.165) is 0 Å². The van der Waals surface area contributed by atoms with Crippen molar-refractivity contribution < 1.29 is 9.66 Å². The molecule has 0 aliphatic carbocycles. The van der Waals surface area contributed by atoms with Crippen LogP contribution < -0.4 is 15.4 Å². The van der Waals surface area contributed by atoms with Crippen molar-refractivity contribution in [3.8, 4) is 5.75 Å². The van der Waals surface area contributed by atoms with Crippen molar-refractivity contribution in [3.63, 3.8) is 0 Å². The van der Waals surface area contributed by atoms with Crippen LogP contribution in [0, 0.1) is 10.1 Å². The Morgan fingerprint density at radius 1 is 0.929 bits per heavy atom. The molecule has 0 fully saturated rings. The summed E-state index contributed by atoms with van der Waals surface area (Å²) in [5, 5.41) is 17.7. The maximum Gasteiger partial charge on any atom is 0.353 e. The number of anilines is 4. The van der Waals surface area contributed by atoms with Crippen LogP contribution in [0.5, 0.6) is 5.75 Å². The fraction of sp³-hybridized carbons (Fsp3) is 0.200. The van der Waals surface area contributed by atoms with E-state index in [2.05, 4.69) is 34.4 Å². The summed E-state index contributed by atoms with van der Waals surface area (Å²) >= 11 is 0. The van der Waals surface area contributed by atoms with Crippen LogP contribution in [0.4, 0.5) is 28.7 Å². The number of nitrogens with one attached hydrogen (secondary N) is 2. The molecule has 0 aliphatic rings. The van der Waals surface area contributed by atoms with Crippen LogP contribution in [0.25, 0.3) is 0 Å². The number of benzene rings is 2. The molecule has 0 saturated heterocycles. The molecule has 28 heavy (non-hydrogen) atoms. The molecule has 3 rings (SSSR count). The molecule has 0 radical (unpaired) electrons. The third-order valence-corrected chi connectivity index (χ3v) is 4.20. The topological polar surface area (TPSA) is 102 Å². The molecular formula is C20H21N5O3. The minimum atomic E-state index is -0.503. The first-order valence-corrected chi connectivity index (χ1v) is 8.75. The van der Waals surface area contributed by atoms with Crippen molar-refractivity contribution in [1.82, 2.24) is 9.97 Å². The number of nitrogens with zero attached hydrogens (tertiary/aromatic N) is 3. The first-order chi connectivity index (χ1) is 13.5. The second-order valence-corrected chi connectivity index (χ2v) is 6.43. The van der Waals surface area contributed by atoms with E-state index in [4.69, 9.17) is 4.74 Å².